The summed E-state index contributed by atoms with van der Waals surface area (Å²) in [6.07, 6.45) is 7.47. The smallest absolute Gasteiger partial charge is 0.320 e. The Morgan fingerprint density at radius 2 is 1.78 bits per heavy atom. The first kappa shape index (κ1) is 43.2. The highest BCUT2D eigenvalue weighted by atomic mass is 16.4. The van der Waals surface area contributed by atoms with Crippen molar-refractivity contribution in [1.82, 2.24) is 45.1 Å². The van der Waals surface area contributed by atoms with Crippen molar-refractivity contribution in [3.63, 3.8) is 0 Å². The molecule has 1 unspecified atom stereocenters. The van der Waals surface area contributed by atoms with Crippen LogP contribution in [0.15, 0.2) is 65.4 Å². The van der Waals surface area contributed by atoms with Crippen LogP contribution in [0.1, 0.15) is 96.2 Å². The number of carbonyl (C=O) groups excluding carboxylic acids is 5. The van der Waals surface area contributed by atoms with Gasteiger partial charge < -0.3 is 50.6 Å². The van der Waals surface area contributed by atoms with Crippen molar-refractivity contribution >= 4 is 58.7 Å². The summed E-state index contributed by atoms with van der Waals surface area (Å²) < 4.78 is 5.89. The minimum absolute atomic E-state index is 0.0457. The molecule has 0 spiro atoms. The molecule has 7 heterocycles. The van der Waals surface area contributed by atoms with Crippen molar-refractivity contribution in [2.75, 3.05) is 61.8 Å². The van der Waals surface area contributed by atoms with Crippen molar-refractivity contribution in [2.45, 2.75) is 88.8 Å². The van der Waals surface area contributed by atoms with E-state index in [1.165, 1.54) is 0 Å². The fourth-order valence-electron chi connectivity index (χ4n) is 9.71. The topological polar surface area (TPSA) is 228 Å². The van der Waals surface area contributed by atoms with Crippen LogP contribution in [-0.4, -0.2) is 128 Å². The summed E-state index contributed by atoms with van der Waals surface area (Å²) in [5, 5.41) is 17.5. The number of primary amides is 1. The van der Waals surface area contributed by atoms with E-state index >= 15 is 0 Å². The minimum Gasteiger partial charge on any atom is -0.408 e. The van der Waals surface area contributed by atoms with Gasteiger partial charge in [0, 0.05) is 93.9 Å². The molecule has 340 valence electrons. The molecule has 4 saturated heterocycles. The van der Waals surface area contributed by atoms with E-state index in [0.717, 1.165) is 49.0 Å². The summed E-state index contributed by atoms with van der Waals surface area (Å²) in [6.45, 7) is 10.4. The standard InChI is InChI=1S/C46H55N13O6/c1-28-12-17-35(42(62)49-28)59-27-33-32(43(59)63)8-4-9-34(33)51-44-54-53-37(65-44)10-5-11-38(60)56-21-18-46(2,19-22-56)29-13-15-30(16-14-29)50-41-39(40(47)61)48-25-36(52-41)57-20-6-7-31(26-57)58-24-23-55(3)45(58)64/h4,8-9,13-16,25,31,35H,1,5-7,10-12,17-24,26-27H2,2-3H3,(H2,47,61)(H,49,62)(H,50,52)(H,51,54)/t31-,35?/m1/s1. The van der Waals surface area contributed by atoms with E-state index in [2.05, 4.69) is 61.7 Å². The van der Waals surface area contributed by atoms with Crippen LogP contribution in [0.2, 0.25) is 0 Å². The first-order chi connectivity index (χ1) is 31.3. The molecule has 5 aliphatic heterocycles. The number of urea groups is 1. The number of piperidine rings is 3. The Morgan fingerprint density at radius 3 is 2.52 bits per heavy atom. The predicted molar refractivity (Wildman–Crippen MR) is 241 cm³/mol. The van der Waals surface area contributed by atoms with Crippen molar-refractivity contribution in [1.29, 1.82) is 0 Å². The normalized spacial score (nSPS) is 20.9. The van der Waals surface area contributed by atoms with Gasteiger partial charge in [-0.1, -0.05) is 36.8 Å². The van der Waals surface area contributed by atoms with Crippen LogP contribution < -0.4 is 26.6 Å². The molecule has 0 saturated carbocycles. The Hall–Kier alpha value is -7.05. The number of likely N-dealkylation sites (N-methyl/N-ethyl adjacent to an activating group) is 1. The van der Waals surface area contributed by atoms with Crippen molar-refractivity contribution in [3.05, 3.63) is 89.2 Å². The van der Waals surface area contributed by atoms with E-state index in [1.807, 2.05) is 35.0 Å². The number of fused-ring (bicyclic) bond motifs is 1. The Kier molecular flexibility index (Phi) is 11.9. The highest BCUT2D eigenvalue weighted by Crippen LogP contribution is 2.37. The number of benzene rings is 2. The number of carbonyl (C=O) groups is 5. The number of amides is 6. The number of aryl methyl sites for hydroxylation is 1. The average molecular weight is 886 g/mol. The lowest BCUT2D eigenvalue weighted by molar-refractivity contribution is -0.132. The number of allylic oxidation sites excluding steroid dienone is 1. The lowest BCUT2D eigenvalue weighted by Gasteiger charge is -2.40. The van der Waals surface area contributed by atoms with Gasteiger partial charge >= 0.3 is 12.0 Å². The van der Waals surface area contributed by atoms with Crippen LogP contribution in [0, 0.1) is 0 Å². The number of hydrogen-bond donors (Lipinski definition) is 4. The maximum atomic E-state index is 13.3. The number of likely N-dealkylation sites (tertiary alicyclic amines) is 1. The van der Waals surface area contributed by atoms with E-state index in [-0.39, 0.29) is 59.3 Å². The number of nitrogens with two attached hydrogens (primary N) is 1. The van der Waals surface area contributed by atoms with E-state index < -0.39 is 11.9 Å². The monoisotopic (exact) mass is 885 g/mol. The van der Waals surface area contributed by atoms with E-state index in [9.17, 15) is 24.0 Å². The highest BCUT2D eigenvalue weighted by Gasteiger charge is 2.40. The third-order valence-electron chi connectivity index (χ3n) is 13.7. The Bertz CT molecular complexity index is 2520. The molecule has 6 amide bonds. The molecule has 5 N–H and O–H groups in total. The van der Waals surface area contributed by atoms with E-state index in [4.69, 9.17) is 15.1 Å². The van der Waals surface area contributed by atoms with Crippen LogP contribution in [-0.2, 0) is 28.0 Å². The molecule has 4 aromatic rings. The highest BCUT2D eigenvalue weighted by molar-refractivity contribution is 6.03. The predicted octanol–water partition coefficient (Wildman–Crippen LogP) is 4.43. The first-order valence-corrected chi connectivity index (χ1v) is 22.4. The number of nitrogens with zero attached hydrogens (tertiary/aromatic N) is 9. The lowest BCUT2D eigenvalue weighted by atomic mass is 9.74. The molecule has 2 aromatic carbocycles. The zero-order chi connectivity index (χ0) is 45.4. The van der Waals surface area contributed by atoms with Crippen molar-refractivity contribution < 1.29 is 28.4 Å². The van der Waals surface area contributed by atoms with Gasteiger partial charge in [-0.05, 0) is 80.2 Å². The molecule has 19 heteroatoms. The lowest BCUT2D eigenvalue weighted by Crippen LogP contribution is -2.49. The van der Waals surface area contributed by atoms with Gasteiger partial charge in [-0.3, -0.25) is 19.2 Å². The van der Waals surface area contributed by atoms with Gasteiger partial charge in [0.2, 0.25) is 17.7 Å². The summed E-state index contributed by atoms with van der Waals surface area (Å²) in [5.41, 5.74) is 10.1. The van der Waals surface area contributed by atoms with Gasteiger partial charge in [-0.15, -0.1) is 5.10 Å². The Balaban J connectivity index is 0.749. The third-order valence-corrected chi connectivity index (χ3v) is 13.7. The summed E-state index contributed by atoms with van der Waals surface area (Å²) >= 11 is 0. The summed E-state index contributed by atoms with van der Waals surface area (Å²) in [6, 6.07) is 13.2. The number of aromatic nitrogens is 4. The fraction of sp³-hybridized carbons (Fsp3) is 0.457. The molecule has 2 aromatic heterocycles. The van der Waals surface area contributed by atoms with Crippen LogP contribution >= 0.6 is 0 Å². The van der Waals surface area contributed by atoms with Crippen molar-refractivity contribution in [3.8, 4) is 0 Å². The van der Waals surface area contributed by atoms with E-state index in [0.29, 0.717) is 93.5 Å². The Morgan fingerprint density at radius 1 is 0.985 bits per heavy atom. The number of anilines is 5. The summed E-state index contributed by atoms with van der Waals surface area (Å²) in [4.78, 5) is 82.9. The van der Waals surface area contributed by atoms with Crippen molar-refractivity contribution in [2.24, 2.45) is 5.73 Å². The maximum absolute atomic E-state index is 13.3. The maximum Gasteiger partial charge on any atom is 0.320 e. The quantitative estimate of drug-likeness (QED) is 0.146. The molecule has 0 aliphatic carbocycles. The van der Waals surface area contributed by atoms with Crippen LogP contribution in [0.3, 0.4) is 0 Å². The second-order valence-corrected chi connectivity index (χ2v) is 18.0. The number of hydrogen-bond acceptors (Lipinski definition) is 13. The summed E-state index contributed by atoms with van der Waals surface area (Å²) in [7, 11) is 1.82. The molecule has 0 radical (unpaired) electrons. The average Bonchev–Trinajstić information content (AvgIpc) is 4.00. The van der Waals surface area contributed by atoms with Gasteiger partial charge in [0.1, 0.15) is 11.9 Å². The zero-order valence-corrected chi connectivity index (χ0v) is 36.8. The molecule has 2 atom stereocenters. The molecule has 0 bridgehead atoms. The SMILES string of the molecule is C=C1CCC(N2Cc3c(Nc4nnc(CCCC(=O)N5CCC(C)(c6ccc(Nc7nc(N8CCC[C@@H](N9CCN(C)C9=O)C8)cnc7C(N)=O)cc6)CC5)o4)cccc3C2=O)C(=O)N1. The molecule has 65 heavy (non-hydrogen) atoms. The van der Waals surface area contributed by atoms with Crippen LogP contribution in [0.5, 0.6) is 0 Å². The number of rotatable bonds is 13. The molecular weight excluding hydrogens is 831 g/mol. The van der Waals surface area contributed by atoms with Crippen LogP contribution in [0.4, 0.5) is 33.8 Å². The van der Waals surface area contributed by atoms with Gasteiger partial charge in [-0.25, -0.2) is 14.8 Å². The van der Waals surface area contributed by atoms with Gasteiger partial charge in [-0.2, -0.15) is 0 Å². The molecule has 4 fully saturated rings. The van der Waals surface area contributed by atoms with Gasteiger partial charge in [0.25, 0.3) is 11.8 Å². The number of nitrogens with one attached hydrogen (secondary N) is 3. The second kappa shape index (κ2) is 17.8. The molecule has 5 aliphatic rings. The fourth-order valence-corrected chi connectivity index (χ4v) is 9.71. The molecule has 19 nitrogen and oxygen atoms in total. The molecular formula is C46H55N13O6. The first-order valence-electron chi connectivity index (χ1n) is 22.4. The largest absolute Gasteiger partial charge is 0.408 e. The van der Waals surface area contributed by atoms with E-state index in [1.54, 1.807) is 28.1 Å². The minimum atomic E-state index is -0.684. The zero-order valence-electron chi connectivity index (χ0n) is 36.8. The van der Waals surface area contributed by atoms with Crippen LogP contribution in [0.25, 0.3) is 0 Å². The second-order valence-electron chi connectivity index (χ2n) is 18.0. The van der Waals surface area contributed by atoms with Gasteiger partial charge in [0.05, 0.1) is 12.2 Å². The molecule has 9 rings (SSSR count). The Labute approximate surface area is 376 Å². The van der Waals surface area contributed by atoms with Gasteiger partial charge in [0.15, 0.2) is 11.5 Å². The third kappa shape index (κ3) is 8.91. The summed E-state index contributed by atoms with van der Waals surface area (Å²) in [5.74, 6) is 0.275.